The van der Waals surface area contributed by atoms with Gasteiger partial charge in [-0.05, 0) is 37.0 Å². The van der Waals surface area contributed by atoms with E-state index in [-0.39, 0.29) is 5.91 Å². The van der Waals surface area contributed by atoms with Gasteiger partial charge >= 0.3 is 0 Å². The molecule has 0 aliphatic rings. The molecule has 1 heterocycles. The third-order valence-electron chi connectivity index (χ3n) is 3.78. The average Bonchev–Trinajstić information content (AvgIpc) is 2.63. The van der Waals surface area contributed by atoms with Crippen LogP contribution in [0.5, 0.6) is 0 Å². The van der Waals surface area contributed by atoms with Crippen LogP contribution in [0.2, 0.25) is 5.02 Å². The summed E-state index contributed by atoms with van der Waals surface area (Å²) in [6.07, 6.45) is 5.89. The molecule has 0 bridgehead atoms. The maximum atomic E-state index is 12.5. The Balaban J connectivity index is 1.88. The Morgan fingerprint density at radius 3 is 2.32 bits per heavy atom. The lowest BCUT2D eigenvalue weighted by atomic mass is 10.1. The van der Waals surface area contributed by atoms with E-state index < -0.39 is 0 Å². The van der Waals surface area contributed by atoms with Crippen LogP contribution in [-0.2, 0) is 6.42 Å². The molecule has 0 unspecified atom stereocenters. The fourth-order valence-corrected chi connectivity index (χ4v) is 2.66. The third-order valence-corrected chi connectivity index (χ3v) is 4.03. The van der Waals surface area contributed by atoms with Gasteiger partial charge in [-0.2, -0.15) is 0 Å². The summed E-state index contributed by atoms with van der Waals surface area (Å²) in [5.74, 6) is 0.618. The first-order valence-electron chi connectivity index (χ1n) is 8.73. The topological polar surface area (TPSA) is 58.1 Å². The Bertz CT molecular complexity index is 652. The van der Waals surface area contributed by atoms with Gasteiger partial charge in [-0.25, -0.2) is 9.97 Å². The van der Waals surface area contributed by atoms with Crippen LogP contribution < -0.4 is 5.32 Å². The molecule has 0 radical (unpaired) electrons. The molecule has 0 saturated carbocycles. The lowest BCUT2D eigenvalue weighted by molar-refractivity contribution is 0.0749. The van der Waals surface area contributed by atoms with Crippen LogP contribution in [0.1, 0.15) is 42.7 Å². The zero-order valence-corrected chi connectivity index (χ0v) is 15.6. The van der Waals surface area contributed by atoms with Crippen molar-refractivity contribution in [1.82, 2.24) is 14.9 Å². The van der Waals surface area contributed by atoms with E-state index >= 15 is 0 Å². The maximum absolute atomic E-state index is 12.5. The van der Waals surface area contributed by atoms with Crippen molar-refractivity contribution >= 4 is 23.3 Å². The smallest absolute Gasteiger partial charge is 0.274 e. The molecule has 0 atom stereocenters. The van der Waals surface area contributed by atoms with Gasteiger partial charge in [0.1, 0.15) is 11.5 Å². The molecule has 0 fully saturated rings. The van der Waals surface area contributed by atoms with Crippen molar-refractivity contribution < 1.29 is 4.79 Å². The first kappa shape index (κ1) is 19.2. The van der Waals surface area contributed by atoms with Gasteiger partial charge in [0.25, 0.3) is 5.91 Å². The number of hydrogen-bond acceptors (Lipinski definition) is 4. The van der Waals surface area contributed by atoms with E-state index in [0.717, 1.165) is 43.9 Å². The molecule has 5 nitrogen and oxygen atoms in total. The van der Waals surface area contributed by atoms with Crippen LogP contribution in [0.25, 0.3) is 0 Å². The molecule has 6 heteroatoms. The van der Waals surface area contributed by atoms with Gasteiger partial charge in [-0.1, -0.05) is 37.6 Å². The van der Waals surface area contributed by atoms with E-state index in [1.165, 1.54) is 5.56 Å². The van der Waals surface area contributed by atoms with E-state index in [1.807, 2.05) is 29.2 Å². The Morgan fingerprint density at radius 2 is 1.76 bits per heavy atom. The quantitative estimate of drug-likeness (QED) is 0.733. The summed E-state index contributed by atoms with van der Waals surface area (Å²) in [6, 6.07) is 7.78. The van der Waals surface area contributed by atoms with Crippen molar-refractivity contribution in [2.45, 2.75) is 33.1 Å². The number of nitrogens with one attached hydrogen (secondary N) is 1. The van der Waals surface area contributed by atoms with Gasteiger partial charge < -0.3 is 10.2 Å². The molecule has 1 aromatic carbocycles. The van der Waals surface area contributed by atoms with Crippen LogP contribution in [0.4, 0.5) is 5.82 Å². The summed E-state index contributed by atoms with van der Waals surface area (Å²) >= 11 is 5.88. The summed E-state index contributed by atoms with van der Waals surface area (Å²) in [5.41, 5.74) is 1.59. The summed E-state index contributed by atoms with van der Waals surface area (Å²) in [4.78, 5) is 22.9. The first-order chi connectivity index (χ1) is 12.1. The fourth-order valence-electron chi connectivity index (χ4n) is 2.53. The fraction of sp³-hybridized carbons (Fsp3) is 0.421. The minimum Gasteiger partial charge on any atom is -0.368 e. The highest BCUT2D eigenvalue weighted by Gasteiger charge is 2.15. The van der Waals surface area contributed by atoms with E-state index in [4.69, 9.17) is 11.6 Å². The second-order valence-electron chi connectivity index (χ2n) is 5.88. The van der Waals surface area contributed by atoms with Crippen molar-refractivity contribution in [3.63, 3.8) is 0 Å². The van der Waals surface area contributed by atoms with Crippen LogP contribution in [-0.4, -0.2) is 40.4 Å². The van der Waals surface area contributed by atoms with Crippen molar-refractivity contribution in [1.29, 1.82) is 0 Å². The monoisotopic (exact) mass is 360 g/mol. The zero-order valence-electron chi connectivity index (χ0n) is 14.8. The second kappa shape index (κ2) is 9.99. The molecule has 0 aliphatic carbocycles. The highest BCUT2D eigenvalue weighted by Crippen LogP contribution is 2.10. The SMILES string of the molecule is CCCN(CCC)C(=O)c1cnc(NCCc2ccc(Cl)cc2)cn1. The van der Waals surface area contributed by atoms with Crippen molar-refractivity contribution in [2.24, 2.45) is 0 Å². The number of carbonyl (C=O) groups excluding carboxylic acids is 1. The van der Waals surface area contributed by atoms with Crippen molar-refractivity contribution in [3.05, 3.63) is 52.9 Å². The average molecular weight is 361 g/mol. The molecule has 1 N–H and O–H groups in total. The lowest BCUT2D eigenvalue weighted by Crippen LogP contribution is -2.33. The van der Waals surface area contributed by atoms with Crippen LogP contribution in [0.15, 0.2) is 36.7 Å². The van der Waals surface area contributed by atoms with Gasteiger partial charge in [-0.15, -0.1) is 0 Å². The first-order valence-corrected chi connectivity index (χ1v) is 9.11. The van der Waals surface area contributed by atoms with Crippen LogP contribution >= 0.6 is 11.6 Å². The minimum absolute atomic E-state index is 0.0519. The summed E-state index contributed by atoms with van der Waals surface area (Å²) in [6.45, 7) is 6.36. The number of rotatable bonds is 9. The predicted octanol–water partition coefficient (Wildman–Crippen LogP) is 4.05. The van der Waals surface area contributed by atoms with Gasteiger partial charge in [-0.3, -0.25) is 4.79 Å². The molecule has 0 saturated heterocycles. The largest absolute Gasteiger partial charge is 0.368 e. The van der Waals surface area contributed by atoms with E-state index in [0.29, 0.717) is 11.5 Å². The number of aromatic nitrogens is 2. The van der Waals surface area contributed by atoms with Crippen molar-refractivity contribution in [3.8, 4) is 0 Å². The Kier molecular flexibility index (Phi) is 7.67. The predicted molar refractivity (Wildman–Crippen MR) is 102 cm³/mol. The minimum atomic E-state index is -0.0519. The number of nitrogens with zero attached hydrogens (tertiary/aromatic N) is 3. The van der Waals surface area contributed by atoms with Crippen molar-refractivity contribution in [2.75, 3.05) is 25.0 Å². The molecule has 25 heavy (non-hydrogen) atoms. The van der Waals surface area contributed by atoms with Gasteiger partial charge in [0.05, 0.1) is 12.4 Å². The molecule has 1 amide bonds. The maximum Gasteiger partial charge on any atom is 0.274 e. The van der Waals surface area contributed by atoms with Gasteiger partial charge in [0.2, 0.25) is 0 Å². The lowest BCUT2D eigenvalue weighted by Gasteiger charge is -2.20. The highest BCUT2D eigenvalue weighted by atomic mass is 35.5. The molecule has 134 valence electrons. The molecule has 2 rings (SSSR count). The molecule has 2 aromatic rings. The van der Waals surface area contributed by atoms with Crippen LogP contribution in [0, 0.1) is 0 Å². The Morgan fingerprint density at radius 1 is 1.08 bits per heavy atom. The molecule has 0 aliphatic heterocycles. The zero-order chi connectivity index (χ0) is 18.1. The summed E-state index contributed by atoms with van der Waals surface area (Å²) in [5, 5.41) is 3.96. The van der Waals surface area contributed by atoms with E-state index in [1.54, 1.807) is 12.4 Å². The molecular formula is C19H25ClN4O. The molecule has 0 spiro atoms. The second-order valence-corrected chi connectivity index (χ2v) is 6.32. The van der Waals surface area contributed by atoms with Gasteiger partial charge in [0.15, 0.2) is 0 Å². The molecular weight excluding hydrogens is 336 g/mol. The highest BCUT2D eigenvalue weighted by molar-refractivity contribution is 6.30. The summed E-state index contributed by atoms with van der Waals surface area (Å²) in [7, 11) is 0. The Labute approximate surface area is 154 Å². The number of halogens is 1. The summed E-state index contributed by atoms with van der Waals surface area (Å²) < 4.78 is 0. The number of carbonyl (C=O) groups is 1. The normalized spacial score (nSPS) is 10.5. The Hall–Kier alpha value is -2.14. The number of anilines is 1. The third kappa shape index (κ3) is 6.02. The van der Waals surface area contributed by atoms with E-state index in [2.05, 4.69) is 29.1 Å². The van der Waals surface area contributed by atoms with Gasteiger partial charge in [0, 0.05) is 24.7 Å². The number of hydrogen-bond donors (Lipinski definition) is 1. The molecule has 1 aromatic heterocycles. The number of amides is 1. The number of benzene rings is 1. The standard InChI is InChI=1S/C19H25ClN4O/c1-3-11-24(12-4-2)19(25)17-13-23-18(14-22-17)21-10-9-15-5-7-16(20)8-6-15/h5-8,13-14H,3-4,9-12H2,1-2H3,(H,21,23). The van der Waals surface area contributed by atoms with Crippen LogP contribution in [0.3, 0.4) is 0 Å². The van der Waals surface area contributed by atoms with E-state index in [9.17, 15) is 4.79 Å².